The summed E-state index contributed by atoms with van der Waals surface area (Å²) in [5.41, 5.74) is 0. The third-order valence-corrected chi connectivity index (χ3v) is 2.88. The van der Waals surface area contributed by atoms with Crippen LogP contribution in [0, 0.1) is 0 Å². The molecule has 1 heterocycles. The zero-order chi connectivity index (χ0) is 9.64. The largest absolute Gasteiger partial charge is 0.307 e. The minimum absolute atomic E-state index is 0.683. The fourth-order valence-corrected chi connectivity index (χ4v) is 2.04. The Kier molecular flexibility index (Phi) is 3.51. The fraction of sp³-hybridized carbons (Fsp3) is 0.800. The van der Waals surface area contributed by atoms with Crippen LogP contribution < -0.4 is 5.32 Å². The van der Waals surface area contributed by atoms with E-state index in [1.807, 2.05) is 0 Å². The lowest BCUT2D eigenvalue weighted by Gasteiger charge is -2.14. The van der Waals surface area contributed by atoms with E-state index in [2.05, 4.69) is 20.5 Å². The van der Waals surface area contributed by atoms with Crippen LogP contribution in [0.4, 0.5) is 0 Å². The van der Waals surface area contributed by atoms with Gasteiger partial charge >= 0.3 is 0 Å². The van der Waals surface area contributed by atoms with Gasteiger partial charge in [-0.15, -0.1) is 0 Å². The molecule has 1 aromatic rings. The summed E-state index contributed by atoms with van der Waals surface area (Å²) in [4.78, 5) is 4.09. The van der Waals surface area contributed by atoms with Crippen molar-refractivity contribution in [3.8, 4) is 0 Å². The van der Waals surface area contributed by atoms with Gasteiger partial charge in [0, 0.05) is 6.04 Å². The Hall–Kier alpha value is -0.900. The zero-order valence-electron chi connectivity index (χ0n) is 8.50. The Labute approximate surface area is 84.5 Å². The zero-order valence-corrected chi connectivity index (χ0v) is 8.50. The predicted molar refractivity (Wildman–Crippen MR) is 54.7 cm³/mol. The first-order chi connectivity index (χ1) is 6.95. The van der Waals surface area contributed by atoms with Crippen LogP contribution in [0.3, 0.4) is 0 Å². The standard InChI is InChI=1S/C10H18N4/c1-2-4-6-9(5-3-1)11-7-10-12-8-13-14-10/h8-9,11H,1-7H2,(H,12,13,14). The monoisotopic (exact) mass is 194 g/mol. The van der Waals surface area contributed by atoms with Crippen LogP contribution in [0.1, 0.15) is 44.3 Å². The normalized spacial score (nSPS) is 19.4. The maximum atomic E-state index is 4.09. The molecule has 4 nitrogen and oxygen atoms in total. The SMILES string of the molecule is c1n[nH]c(CNC2CCCCCC2)n1. The van der Waals surface area contributed by atoms with Gasteiger partial charge in [-0.3, -0.25) is 5.10 Å². The maximum Gasteiger partial charge on any atom is 0.138 e. The van der Waals surface area contributed by atoms with Gasteiger partial charge in [0.15, 0.2) is 0 Å². The molecule has 0 amide bonds. The van der Waals surface area contributed by atoms with Gasteiger partial charge in [-0.1, -0.05) is 25.7 Å². The number of nitrogens with one attached hydrogen (secondary N) is 2. The molecule has 0 spiro atoms. The van der Waals surface area contributed by atoms with Gasteiger partial charge in [0.2, 0.25) is 0 Å². The highest BCUT2D eigenvalue weighted by molar-refractivity contribution is 4.81. The molecule has 0 aromatic carbocycles. The molecule has 1 aliphatic rings. The molecule has 4 heteroatoms. The van der Waals surface area contributed by atoms with Crippen molar-refractivity contribution >= 4 is 0 Å². The van der Waals surface area contributed by atoms with E-state index in [9.17, 15) is 0 Å². The molecule has 78 valence electrons. The van der Waals surface area contributed by atoms with Crippen LogP contribution in [0.5, 0.6) is 0 Å². The first-order valence-corrected chi connectivity index (χ1v) is 5.53. The first kappa shape index (κ1) is 9.65. The predicted octanol–water partition coefficient (Wildman–Crippen LogP) is 1.62. The van der Waals surface area contributed by atoms with Crippen molar-refractivity contribution in [3.63, 3.8) is 0 Å². The lowest BCUT2D eigenvalue weighted by molar-refractivity contribution is 0.453. The van der Waals surface area contributed by atoms with Crippen molar-refractivity contribution < 1.29 is 0 Å². The second-order valence-corrected chi connectivity index (χ2v) is 4.00. The molecule has 0 radical (unpaired) electrons. The number of H-pyrrole nitrogens is 1. The van der Waals surface area contributed by atoms with Crippen LogP contribution in [-0.4, -0.2) is 21.2 Å². The van der Waals surface area contributed by atoms with Crippen LogP contribution in [0.2, 0.25) is 0 Å². The summed E-state index contributed by atoms with van der Waals surface area (Å²) < 4.78 is 0. The van der Waals surface area contributed by atoms with Crippen molar-refractivity contribution in [2.24, 2.45) is 0 Å². The summed E-state index contributed by atoms with van der Waals surface area (Å²) >= 11 is 0. The number of hydrogen-bond donors (Lipinski definition) is 2. The molecule has 2 rings (SSSR count). The summed E-state index contributed by atoms with van der Waals surface area (Å²) in [6, 6.07) is 0.683. The van der Waals surface area contributed by atoms with Crippen molar-refractivity contribution in [1.29, 1.82) is 0 Å². The Bertz CT molecular complexity index is 237. The third kappa shape index (κ3) is 2.80. The van der Waals surface area contributed by atoms with Gasteiger partial charge in [0.25, 0.3) is 0 Å². The molecule has 1 aliphatic carbocycles. The van der Waals surface area contributed by atoms with Crippen LogP contribution in [-0.2, 0) is 6.54 Å². The highest BCUT2D eigenvalue weighted by Gasteiger charge is 2.11. The van der Waals surface area contributed by atoms with E-state index in [4.69, 9.17) is 0 Å². The molecule has 14 heavy (non-hydrogen) atoms. The Balaban J connectivity index is 1.73. The molecular weight excluding hydrogens is 176 g/mol. The summed E-state index contributed by atoms with van der Waals surface area (Å²) in [6.07, 6.45) is 9.73. The van der Waals surface area contributed by atoms with Gasteiger partial charge in [0.05, 0.1) is 6.54 Å². The van der Waals surface area contributed by atoms with Gasteiger partial charge < -0.3 is 5.32 Å². The molecule has 0 bridgehead atoms. The molecule has 0 atom stereocenters. The highest BCUT2D eigenvalue weighted by atomic mass is 15.2. The van der Waals surface area contributed by atoms with Crippen molar-refractivity contribution in [1.82, 2.24) is 20.5 Å². The van der Waals surface area contributed by atoms with Crippen molar-refractivity contribution in [3.05, 3.63) is 12.2 Å². The Morgan fingerprint density at radius 3 is 2.71 bits per heavy atom. The summed E-state index contributed by atoms with van der Waals surface area (Å²) in [6.45, 7) is 0.824. The lowest BCUT2D eigenvalue weighted by Crippen LogP contribution is -2.28. The topological polar surface area (TPSA) is 53.6 Å². The number of hydrogen-bond acceptors (Lipinski definition) is 3. The van der Waals surface area contributed by atoms with Crippen LogP contribution in [0.25, 0.3) is 0 Å². The smallest absolute Gasteiger partial charge is 0.138 e. The molecule has 0 saturated heterocycles. The minimum atomic E-state index is 0.683. The molecule has 0 unspecified atom stereocenters. The number of aromatic nitrogens is 3. The summed E-state index contributed by atoms with van der Waals surface area (Å²) in [5, 5.41) is 10.2. The quantitative estimate of drug-likeness (QED) is 0.719. The van der Waals surface area contributed by atoms with Crippen LogP contribution >= 0.6 is 0 Å². The van der Waals surface area contributed by atoms with E-state index < -0.39 is 0 Å². The average molecular weight is 194 g/mol. The molecule has 1 aromatic heterocycles. The van der Waals surface area contributed by atoms with E-state index in [1.54, 1.807) is 6.33 Å². The van der Waals surface area contributed by atoms with E-state index in [0.717, 1.165) is 12.4 Å². The molecule has 0 aliphatic heterocycles. The first-order valence-electron chi connectivity index (χ1n) is 5.53. The second-order valence-electron chi connectivity index (χ2n) is 4.00. The van der Waals surface area contributed by atoms with Crippen LogP contribution in [0.15, 0.2) is 6.33 Å². The number of rotatable bonds is 3. The highest BCUT2D eigenvalue weighted by Crippen LogP contribution is 2.17. The summed E-state index contributed by atoms with van der Waals surface area (Å²) in [5.74, 6) is 0.939. The van der Waals surface area contributed by atoms with E-state index in [1.165, 1.54) is 38.5 Å². The molecule has 1 fully saturated rings. The molecule has 1 saturated carbocycles. The number of nitrogens with zero attached hydrogens (tertiary/aromatic N) is 2. The third-order valence-electron chi connectivity index (χ3n) is 2.88. The summed E-state index contributed by atoms with van der Waals surface area (Å²) in [7, 11) is 0. The number of aromatic amines is 1. The Morgan fingerprint density at radius 2 is 2.07 bits per heavy atom. The molecular formula is C10H18N4. The lowest BCUT2D eigenvalue weighted by atomic mass is 10.1. The van der Waals surface area contributed by atoms with E-state index in [0.29, 0.717) is 6.04 Å². The molecule has 2 N–H and O–H groups in total. The maximum absolute atomic E-state index is 4.09. The second kappa shape index (κ2) is 5.10. The van der Waals surface area contributed by atoms with Crippen molar-refractivity contribution in [2.45, 2.75) is 51.1 Å². The van der Waals surface area contributed by atoms with Gasteiger partial charge in [-0.05, 0) is 12.8 Å². The van der Waals surface area contributed by atoms with Crippen molar-refractivity contribution in [2.75, 3.05) is 0 Å². The minimum Gasteiger partial charge on any atom is -0.307 e. The fourth-order valence-electron chi connectivity index (χ4n) is 2.04. The van der Waals surface area contributed by atoms with E-state index in [-0.39, 0.29) is 0 Å². The van der Waals surface area contributed by atoms with E-state index >= 15 is 0 Å². The Morgan fingerprint density at radius 1 is 1.29 bits per heavy atom. The van der Waals surface area contributed by atoms with Gasteiger partial charge in [-0.25, -0.2) is 4.98 Å². The van der Waals surface area contributed by atoms with Gasteiger partial charge in [-0.2, -0.15) is 5.10 Å². The van der Waals surface area contributed by atoms with Gasteiger partial charge in [0.1, 0.15) is 12.2 Å². The average Bonchev–Trinajstić information content (AvgIpc) is 2.58.